The third-order valence-corrected chi connectivity index (χ3v) is 5.82. The van der Waals surface area contributed by atoms with Crippen LogP contribution in [0.4, 0.5) is 4.79 Å². The zero-order valence-corrected chi connectivity index (χ0v) is 18.1. The minimum atomic E-state index is -0.571. The van der Waals surface area contributed by atoms with Crippen molar-refractivity contribution in [2.45, 2.75) is 38.3 Å². The monoisotopic (exact) mass is 429 g/mol. The van der Waals surface area contributed by atoms with E-state index in [0.717, 1.165) is 28.9 Å². The number of ether oxygens (including phenoxy) is 2. The van der Waals surface area contributed by atoms with Crippen molar-refractivity contribution in [2.75, 3.05) is 6.61 Å². The largest absolute Gasteiger partial charge is 0.489 e. The second-order valence-corrected chi connectivity index (χ2v) is 7.92. The summed E-state index contributed by atoms with van der Waals surface area (Å²) in [7, 11) is 0. The van der Waals surface area contributed by atoms with Crippen LogP contribution in [0.25, 0.3) is 0 Å². The van der Waals surface area contributed by atoms with Gasteiger partial charge in [0, 0.05) is 6.42 Å². The average molecular weight is 430 g/mol. The molecule has 0 N–H and O–H groups in total. The van der Waals surface area contributed by atoms with Gasteiger partial charge in [-0.15, -0.1) is 0 Å². The van der Waals surface area contributed by atoms with E-state index in [0.29, 0.717) is 6.61 Å². The van der Waals surface area contributed by atoms with Gasteiger partial charge in [-0.05, 0) is 41.2 Å². The molecule has 4 rings (SSSR count). The van der Waals surface area contributed by atoms with Gasteiger partial charge >= 0.3 is 6.09 Å². The first kappa shape index (κ1) is 21.6. The zero-order chi connectivity index (χ0) is 22.3. The third kappa shape index (κ3) is 4.99. The molecule has 1 aliphatic rings. The normalized spacial score (nSPS) is 16.5. The van der Waals surface area contributed by atoms with E-state index in [9.17, 15) is 9.59 Å². The van der Waals surface area contributed by atoms with Crippen LogP contribution < -0.4 is 4.74 Å². The molecule has 2 atom stereocenters. The summed E-state index contributed by atoms with van der Waals surface area (Å²) in [5, 5.41) is 0. The first-order chi connectivity index (χ1) is 15.7. The molecule has 1 aliphatic heterocycles. The Hall–Kier alpha value is -3.60. The molecule has 1 heterocycles. The zero-order valence-electron chi connectivity index (χ0n) is 18.1. The van der Waals surface area contributed by atoms with Crippen molar-refractivity contribution in [3.05, 3.63) is 102 Å². The lowest BCUT2D eigenvalue weighted by molar-refractivity contribution is -0.129. The standard InChI is InChI=1S/C27H27NO4/c1-2-21(23-14-9-15-24(16-23)31-18-20-10-5-3-6-11-20)17-26(29)28-25(19-32-27(28)30)22-12-7-4-8-13-22/h3-16,21,25H,2,17-19H2,1H3. The highest BCUT2D eigenvalue weighted by molar-refractivity contribution is 5.94. The van der Waals surface area contributed by atoms with Gasteiger partial charge in [0.05, 0.1) is 0 Å². The molecule has 2 unspecified atom stereocenters. The molecule has 0 bridgehead atoms. The van der Waals surface area contributed by atoms with Crippen LogP contribution in [0.15, 0.2) is 84.9 Å². The van der Waals surface area contributed by atoms with Crippen LogP contribution in [0, 0.1) is 0 Å². The highest BCUT2D eigenvalue weighted by atomic mass is 16.6. The molecule has 2 amide bonds. The Morgan fingerprint density at radius 2 is 1.75 bits per heavy atom. The maximum absolute atomic E-state index is 13.2. The molecule has 0 saturated carbocycles. The lowest BCUT2D eigenvalue weighted by Gasteiger charge is -2.23. The molecule has 0 aliphatic carbocycles. The quantitative estimate of drug-likeness (QED) is 0.449. The molecule has 1 fully saturated rings. The Balaban J connectivity index is 1.45. The minimum Gasteiger partial charge on any atom is -0.489 e. The van der Waals surface area contributed by atoms with Gasteiger partial charge in [-0.1, -0.05) is 79.7 Å². The van der Waals surface area contributed by atoms with Crippen LogP contribution in [0.1, 0.15) is 48.4 Å². The number of nitrogens with zero attached hydrogens (tertiary/aromatic N) is 1. The number of carbonyl (C=O) groups is 2. The summed E-state index contributed by atoms with van der Waals surface area (Å²) in [6.07, 6.45) is 0.433. The summed E-state index contributed by atoms with van der Waals surface area (Å²) in [5.41, 5.74) is 3.02. The van der Waals surface area contributed by atoms with Crippen LogP contribution in [-0.4, -0.2) is 23.5 Å². The number of benzene rings is 3. The van der Waals surface area contributed by atoms with E-state index in [-0.39, 0.29) is 30.9 Å². The lowest BCUT2D eigenvalue weighted by atomic mass is 9.92. The van der Waals surface area contributed by atoms with Crippen LogP contribution in [0.3, 0.4) is 0 Å². The van der Waals surface area contributed by atoms with E-state index < -0.39 is 6.09 Å². The Labute approximate surface area is 188 Å². The highest BCUT2D eigenvalue weighted by Gasteiger charge is 2.39. The molecule has 1 saturated heterocycles. The van der Waals surface area contributed by atoms with Crippen molar-refractivity contribution >= 4 is 12.0 Å². The SMILES string of the molecule is CCC(CC(=O)N1C(=O)OCC1c1ccccc1)c1cccc(OCc2ccccc2)c1. The number of carbonyl (C=O) groups excluding carboxylic acids is 2. The molecule has 0 spiro atoms. The molecule has 5 heteroatoms. The lowest BCUT2D eigenvalue weighted by Crippen LogP contribution is -2.35. The van der Waals surface area contributed by atoms with Crippen LogP contribution in [0.2, 0.25) is 0 Å². The van der Waals surface area contributed by atoms with Gasteiger partial charge < -0.3 is 9.47 Å². The number of hydrogen-bond acceptors (Lipinski definition) is 4. The molecule has 5 nitrogen and oxygen atoms in total. The van der Waals surface area contributed by atoms with E-state index >= 15 is 0 Å². The summed E-state index contributed by atoms with van der Waals surface area (Å²) in [6.45, 7) is 2.72. The van der Waals surface area contributed by atoms with E-state index in [4.69, 9.17) is 9.47 Å². The maximum atomic E-state index is 13.2. The minimum absolute atomic E-state index is 0.0207. The van der Waals surface area contributed by atoms with Crippen LogP contribution in [-0.2, 0) is 16.1 Å². The highest BCUT2D eigenvalue weighted by Crippen LogP contribution is 2.32. The molecule has 0 aromatic heterocycles. The molecule has 164 valence electrons. The number of amides is 2. The van der Waals surface area contributed by atoms with E-state index in [1.165, 1.54) is 4.90 Å². The van der Waals surface area contributed by atoms with Crippen LogP contribution in [0.5, 0.6) is 5.75 Å². The Morgan fingerprint density at radius 3 is 2.47 bits per heavy atom. The smallest absolute Gasteiger partial charge is 0.417 e. The predicted molar refractivity (Wildman–Crippen MR) is 122 cm³/mol. The number of imide groups is 1. The van der Waals surface area contributed by atoms with Gasteiger partial charge in [-0.25, -0.2) is 9.69 Å². The fraction of sp³-hybridized carbons (Fsp3) is 0.259. The van der Waals surface area contributed by atoms with Crippen molar-refractivity contribution in [2.24, 2.45) is 0 Å². The summed E-state index contributed by atoms with van der Waals surface area (Å²) >= 11 is 0. The summed E-state index contributed by atoms with van der Waals surface area (Å²) in [4.78, 5) is 26.8. The van der Waals surface area contributed by atoms with Crippen molar-refractivity contribution in [3.8, 4) is 5.75 Å². The van der Waals surface area contributed by atoms with Gasteiger partial charge in [-0.3, -0.25) is 4.79 Å². The fourth-order valence-corrected chi connectivity index (χ4v) is 4.02. The summed E-state index contributed by atoms with van der Waals surface area (Å²) in [5.74, 6) is 0.524. The summed E-state index contributed by atoms with van der Waals surface area (Å²) < 4.78 is 11.2. The Kier molecular flexibility index (Phi) is 6.85. The van der Waals surface area contributed by atoms with E-state index in [1.807, 2.05) is 91.9 Å². The first-order valence-corrected chi connectivity index (χ1v) is 11.0. The molecular formula is C27H27NO4. The topological polar surface area (TPSA) is 55.8 Å². The van der Waals surface area contributed by atoms with Crippen LogP contribution >= 0.6 is 0 Å². The second-order valence-electron chi connectivity index (χ2n) is 7.92. The maximum Gasteiger partial charge on any atom is 0.417 e. The van der Waals surface area contributed by atoms with Gasteiger partial charge in [0.15, 0.2) is 0 Å². The van der Waals surface area contributed by atoms with Gasteiger partial charge in [0.1, 0.15) is 25.0 Å². The fourth-order valence-electron chi connectivity index (χ4n) is 4.02. The molecule has 3 aromatic rings. The Morgan fingerprint density at radius 1 is 1.03 bits per heavy atom. The van der Waals surface area contributed by atoms with Crippen molar-refractivity contribution in [1.29, 1.82) is 0 Å². The third-order valence-electron chi connectivity index (χ3n) is 5.82. The molecule has 32 heavy (non-hydrogen) atoms. The first-order valence-electron chi connectivity index (χ1n) is 11.0. The predicted octanol–water partition coefficient (Wildman–Crippen LogP) is 5.87. The molecule has 3 aromatic carbocycles. The number of hydrogen-bond donors (Lipinski definition) is 0. The second kappa shape index (κ2) is 10.1. The number of rotatable bonds is 8. The molecular weight excluding hydrogens is 402 g/mol. The van der Waals surface area contributed by atoms with Crippen molar-refractivity contribution in [1.82, 2.24) is 4.90 Å². The summed E-state index contributed by atoms with van der Waals surface area (Å²) in [6, 6.07) is 27.0. The van der Waals surface area contributed by atoms with Crippen molar-refractivity contribution < 1.29 is 19.1 Å². The number of cyclic esters (lactones) is 1. The van der Waals surface area contributed by atoms with Gasteiger partial charge in [0.2, 0.25) is 5.91 Å². The van der Waals surface area contributed by atoms with E-state index in [1.54, 1.807) is 0 Å². The van der Waals surface area contributed by atoms with Crippen molar-refractivity contribution in [3.63, 3.8) is 0 Å². The average Bonchev–Trinajstić information content (AvgIpc) is 3.24. The molecule has 0 radical (unpaired) electrons. The van der Waals surface area contributed by atoms with Gasteiger partial charge in [0.25, 0.3) is 0 Å². The van der Waals surface area contributed by atoms with Gasteiger partial charge in [-0.2, -0.15) is 0 Å². The Bertz CT molecular complexity index is 1050. The van der Waals surface area contributed by atoms with E-state index in [2.05, 4.69) is 0 Å².